The van der Waals surface area contributed by atoms with Crippen LogP contribution < -0.4 is 0 Å². The van der Waals surface area contributed by atoms with Gasteiger partial charge in [-0.1, -0.05) is 271 Å². The van der Waals surface area contributed by atoms with Crippen molar-refractivity contribution in [3.8, 4) is 0 Å². The third-order valence-corrected chi connectivity index (χ3v) is 14.8. The monoisotopic (exact) mass is 789 g/mol. The summed E-state index contributed by atoms with van der Waals surface area (Å²) in [5.41, 5.74) is 0.517. The lowest BCUT2D eigenvalue weighted by atomic mass is 9.77. The molecule has 1 nitrogen and oxygen atoms in total. The molecule has 0 heterocycles. The number of rotatable bonds is 49. The van der Waals surface area contributed by atoms with Crippen LogP contribution in [-0.2, 0) is 0 Å². The van der Waals surface area contributed by atoms with Crippen LogP contribution in [0, 0.1) is 0 Å². The summed E-state index contributed by atoms with van der Waals surface area (Å²) < 4.78 is 1.39. The molecule has 0 amide bonds. The van der Waals surface area contributed by atoms with Gasteiger partial charge in [-0.3, -0.25) is 0 Å². The van der Waals surface area contributed by atoms with Gasteiger partial charge in [0.15, 0.2) is 0 Å². The van der Waals surface area contributed by atoms with Crippen molar-refractivity contribution in [2.45, 2.75) is 336 Å². The van der Waals surface area contributed by atoms with Gasteiger partial charge in [-0.05, 0) is 40.0 Å². The average Bonchev–Trinajstić information content (AvgIpc) is 3.21. The maximum absolute atomic E-state index is 2.55. The smallest absolute Gasteiger partial charge is 0.0992 e. The summed E-state index contributed by atoms with van der Waals surface area (Å²) >= 11 is 0. The van der Waals surface area contributed by atoms with E-state index in [1.807, 2.05) is 0 Å². The molecule has 56 heavy (non-hydrogen) atoms. The minimum absolute atomic E-state index is 0.517. The molecule has 0 fully saturated rings. The standard InChI is InChI=1S/C55H114N/c1-7-13-16-19-22-25-28-31-34-37-40-43-46-49-52-55(56(10-4,11-5)12-6,53-50-47-44-41-38-35-32-29-26-23-20-17-14-8-2)54-51-48-45-42-39-36-33-30-27-24-21-18-15-9-3/h7-54H2,1-6H3/q+1. The van der Waals surface area contributed by atoms with E-state index >= 15 is 0 Å². The van der Waals surface area contributed by atoms with Crippen molar-refractivity contribution in [2.75, 3.05) is 19.6 Å². The van der Waals surface area contributed by atoms with E-state index in [-0.39, 0.29) is 0 Å². The summed E-state index contributed by atoms with van der Waals surface area (Å²) in [5, 5.41) is 0. The molecule has 0 atom stereocenters. The molecule has 0 saturated heterocycles. The van der Waals surface area contributed by atoms with Crippen LogP contribution in [0.15, 0.2) is 0 Å². The number of hydrogen-bond donors (Lipinski definition) is 0. The summed E-state index contributed by atoms with van der Waals surface area (Å²) in [6, 6.07) is 0. The van der Waals surface area contributed by atoms with Gasteiger partial charge in [0.1, 0.15) is 0 Å². The zero-order valence-corrected chi connectivity index (χ0v) is 40.9. The van der Waals surface area contributed by atoms with Gasteiger partial charge in [-0.25, -0.2) is 0 Å². The SMILES string of the molecule is CCCCCCCCCCCCCCCCC(CCCCCCCCCCCCCCCC)(CCCCCCCCCCCCCCCC)[N+](CC)(CC)CC. The summed E-state index contributed by atoms with van der Waals surface area (Å²) in [4.78, 5) is 0. The van der Waals surface area contributed by atoms with Gasteiger partial charge in [-0.15, -0.1) is 0 Å². The molecule has 338 valence electrons. The Morgan fingerprint density at radius 2 is 0.339 bits per heavy atom. The second kappa shape index (κ2) is 44.5. The third-order valence-electron chi connectivity index (χ3n) is 14.8. The molecule has 0 aliphatic carbocycles. The molecule has 0 aromatic rings. The van der Waals surface area contributed by atoms with Gasteiger partial charge in [0.25, 0.3) is 0 Å². The van der Waals surface area contributed by atoms with Crippen molar-refractivity contribution < 1.29 is 4.48 Å². The van der Waals surface area contributed by atoms with Crippen molar-refractivity contribution in [1.82, 2.24) is 0 Å². The van der Waals surface area contributed by atoms with Crippen LogP contribution in [0.2, 0.25) is 0 Å². The number of hydrogen-bond acceptors (Lipinski definition) is 0. The first-order valence-corrected chi connectivity index (χ1v) is 27.5. The highest BCUT2D eigenvalue weighted by Crippen LogP contribution is 2.40. The number of quaternary nitrogens is 1. The molecule has 0 spiro atoms. The molecule has 0 unspecified atom stereocenters. The van der Waals surface area contributed by atoms with Gasteiger partial charge in [0.2, 0.25) is 0 Å². The second-order valence-electron chi connectivity index (χ2n) is 19.4. The summed E-state index contributed by atoms with van der Waals surface area (Å²) in [7, 11) is 0. The number of unbranched alkanes of at least 4 members (excludes halogenated alkanes) is 39. The van der Waals surface area contributed by atoms with Gasteiger partial charge in [0, 0.05) is 19.3 Å². The zero-order chi connectivity index (χ0) is 40.9. The highest BCUT2D eigenvalue weighted by Gasteiger charge is 2.46. The molecule has 0 aliphatic rings. The van der Waals surface area contributed by atoms with Crippen molar-refractivity contribution in [3.63, 3.8) is 0 Å². The van der Waals surface area contributed by atoms with Crippen LogP contribution in [0.3, 0.4) is 0 Å². The lowest BCUT2D eigenvalue weighted by molar-refractivity contribution is -0.973. The highest BCUT2D eigenvalue weighted by atomic mass is 15.4. The lowest BCUT2D eigenvalue weighted by Crippen LogP contribution is -2.64. The topological polar surface area (TPSA) is 0 Å². The van der Waals surface area contributed by atoms with Crippen LogP contribution in [0.25, 0.3) is 0 Å². The largest absolute Gasteiger partial charge is 0.319 e. The van der Waals surface area contributed by atoms with Crippen LogP contribution in [-0.4, -0.2) is 29.7 Å². The quantitative estimate of drug-likeness (QED) is 0.0425. The average molecular weight is 790 g/mol. The molecule has 0 aliphatic heterocycles. The van der Waals surface area contributed by atoms with E-state index in [1.54, 1.807) is 0 Å². The van der Waals surface area contributed by atoms with Crippen molar-refractivity contribution in [2.24, 2.45) is 0 Å². The molecule has 0 aromatic carbocycles. The predicted octanol–water partition coefficient (Wildman–Crippen LogP) is 20.2. The second-order valence-corrected chi connectivity index (χ2v) is 19.4. The van der Waals surface area contributed by atoms with Crippen molar-refractivity contribution >= 4 is 0 Å². The maximum atomic E-state index is 2.55. The van der Waals surface area contributed by atoms with Gasteiger partial charge >= 0.3 is 0 Å². The van der Waals surface area contributed by atoms with Crippen LogP contribution >= 0.6 is 0 Å². The molecule has 1 heteroatoms. The number of nitrogens with zero attached hydrogens (tertiary/aromatic N) is 1. The summed E-state index contributed by atoms with van der Waals surface area (Å²) in [5.74, 6) is 0. The molecule has 0 bridgehead atoms. The Kier molecular flexibility index (Phi) is 44.5. The fraction of sp³-hybridized carbons (Fsp3) is 1.00. The predicted molar refractivity (Wildman–Crippen MR) is 259 cm³/mol. The van der Waals surface area contributed by atoms with Crippen molar-refractivity contribution in [3.05, 3.63) is 0 Å². The molecule has 0 rings (SSSR count). The lowest BCUT2D eigenvalue weighted by Gasteiger charge is -2.53. The molecule has 0 saturated carbocycles. The zero-order valence-electron chi connectivity index (χ0n) is 40.9. The molecular weight excluding hydrogens is 675 g/mol. The van der Waals surface area contributed by atoms with E-state index in [0.29, 0.717) is 5.54 Å². The molecule has 0 N–H and O–H groups in total. The van der Waals surface area contributed by atoms with E-state index in [0.717, 1.165) is 0 Å². The summed E-state index contributed by atoms with van der Waals surface area (Å²) in [6.07, 6.45) is 66.2. The molecule has 0 radical (unpaired) electrons. The Bertz CT molecular complexity index is 621. The first-order valence-electron chi connectivity index (χ1n) is 27.5. The minimum Gasteiger partial charge on any atom is -0.319 e. The van der Waals surface area contributed by atoms with Gasteiger partial charge in [0.05, 0.1) is 25.2 Å². The van der Waals surface area contributed by atoms with E-state index in [2.05, 4.69) is 41.5 Å². The first-order chi connectivity index (χ1) is 27.6. The Labute approximate surface area is 358 Å². The first kappa shape index (κ1) is 56.0. The molecule has 0 aromatic heterocycles. The van der Waals surface area contributed by atoms with E-state index in [9.17, 15) is 0 Å². The minimum atomic E-state index is 0.517. The normalized spacial score (nSPS) is 12.3. The van der Waals surface area contributed by atoms with E-state index in [1.165, 1.54) is 313 Å². The van der Waals surface area contributed by atoms with Crippen LogP contribution in [0.1, 0.15) is 330 Å². The van der Waals surface area contributed by atoms with Gasteiger partial charge in [-0.2, -0.15) is 0 Å². The van der Waals surface area contributed by atoms with E-state index in [4.69, 9.17) is 0 Å². The highest BCUT2D eigenvalue weighted by molar-refractivity contribution is 4.83. The third kappa shape index (κ3) is 31.8. The maximum Gasteiger partial charge on any atom is 0.0992 e. The Balaban J connectivity index is 4.84. The van der Waals surface area contributed by atoms with Crippen molar-refractivity contribution in [1.29, 1.82) is 0 Å². The van der Waals surface area contributed by atoms with E-state index < -0.39 is 0 Å². The van der Waals surface area contributed by atoms with Crippen LogP contribution in [0.4, 0.5) is 0 Å². The Morgan fingerprint density at radius 1 is 0.196 bits per heavy atom. The van der Waals surface area contributed by atoms with Gasteiger partial charge < -0.3 is 4.48 Å². The Hall–Kier alpha value is -0.0400. The Morgan fingerprint density at radius 3 is 0.482 bits per heavy atom. The fourth-order valence-electron chi connectivity index (χ4n) is 10.7. The van der Waals surface area contributed by atoms with Crippen LogP contribution in [0.5, 0.6) is 0 Å². The fourth-order valence-corrected chi connectivity index (χ4v) is 10.7. The summed E-state index contributed by atoms with van der Waals surface area (Å²) in [6.45, 7) is 18.6. The molecular formula is C55H114N+.